The van der Waals surface area contributed by atoms with Crippen LogP contribution < -0.4 is 10.2 Å². The van der Waals surface area contributed by atoms with Crippen LogP contribution in [-0.4, -0.2) is 87.9 Å². The zero-order chi connectivity index (χ0) is 18.2. The third-order valence-corrected chi connectivity index (χ3v) is 4.89. The Labute approximate surface area is 155 Å². The minimum absolute atomic E-state index is 0.146. The summed E-state index contributed by atoms with van der Waals surface area (Å²) in [6, 6.07) is 7.01. The molecule has 0 atom stereocenters. The Balaban J connectivity index is 1.52. The third-order valence-electron chi connectivity index (χ3n) is 4.89. The summed E-state index contributed by atoms with van der Waals surface area (Å²) in [5, 5.41) is 3.40. The average molecular weight is 363 g/mol. The van der Waals surface area contributed by atoms with Crippen LogP contribution in [0.15, 0.2) is 29.3 Å². The Morgan fingerprint density at radius 2 is 1.85 bits per heavy atom. The summed E-state index contributed by atoms with van der Waals surface area (Å²) in [6.07, 6.45) is 0. The molecule has 1 aromatic carbocycles. The summed E-state index contributed by atoms with van der Waals surface area (Å²) in [4.78, 5) is 11.6. The summed E-state index contributed by atoms with van der Waals surface area (Å²) in [6.45, 7) is 11.6. The Morgan fingerprint density at radius 1 is 1.12 bits per heavy atom. The minimum Gasteiger partial charge on any atom is -0.379 e. The molecule has 0 aliphatic carbocycles. The van der Waals surface area contributed by atoms with Gasteiger partial charge in [0.25, 0.3) is 0 Å². The highest BCUT2D eigenvalue weighted by Crippen LogP contribution is 2.20. The van der Waals surface area contributed by atoms with E-state index in [2.05, 4.69) is 26.9 Å². The van der Waals surface area contributed by atoms with Gasteiger partial charge in [0, 0.05) is 52.4 Å². The zero-order valence-electron chi connectivity index (χ0n) is 15.7. The molecule has 26 heavy (non-hydrogen) atoms. The van der Waals surface area contributed by atoms with Crippen LogP contribution in [0.1, 0.15) is 6.92 Å². The number of hydrogen-bond acceptors (Lipinski definition) is 4. The fourth-order valence-corrected chi connectivity index (χ4v) is 3.42. The van der Waals surface area contributed by atoms with E-state index in [0.717, 1.165) is 78.1 Å². The predicted octanol–water partition coefficient (Wildman–Crippen LogP) is 1.25. The molecule has 0 bridgehead atoms. The fourth-order valence-electron chi connectivity index (χ4n) is 3.42. The van der Waals surface area contributed by atoms with E-state index in [1.807, 2.05) is 12.1 Å². The number of nitrogens with zero attached hydrogens (tertiary/aromatic N) is 4. The van der Waals surface area contributed by atoms with Gasteiger partial charge < -0.3 is 19.9 Å². The summed E-state index contributed by atoms with van der Waals surface area (Å²) in [7, 11) is 0. The van der Waals surface area contributed by atoms with Crippen LogP contribution >= 0.6 is 0 Å². The number of anilines is 1. The normalized spacial score (nSPS) is 19.7. The topological polar surface area (TPSA) is 43.3 Å². The predicted molar refractivity (Wildman–Crippen MR) is 103 cm³/mol. The van der Waals surface area contributed by atoms with Gasteiger partial charge in [0.15, 0.2) is 5.96 Å². The highest BCUT2D eigenvalue weighted by Gasteiger charge is 2.21. The van der Waals surface area contributed by atoms with Gasteiger partial charge in [0.1, 0.15) is 5.82 Å². The van der Waals surface area contributed by atoms with Crippen LogP contribution in [0.4, 0.5) is 10.1 Å². The van der Waals surface area contributed by atoms with E-state index in [1.165, 1.54) is 6.07 Å². The van der Waals surface area contributed by atoms with E-state index in [0.29, 0.717) is 5.69 Å². The lowest BCUT2D eigenvalue weighted by Gasteiger charge is -2.37. The Morgan fingerprint density at radius 3 is 2.54 bits per heavy atom. The molecule has 0 aromatic heterocycles. The quantitative estimate of drug-likeness (QED) is 0.630. The van der Waals surface area contributed by atoms with Crippen LogP contribution in [0, 0.1) is 5.82 Å². The first kappa shape index (κ1) is 18.9. The van der Waals surface area contributed by atoms with Crippen molar-refractivity contribution >= 4 is 11.6 Å². The average Bonchev–Trinajstić information content (AvgIpc) is 2.69. The number of nitrogens with one attached hydrogen (secondary N) is 1. The number of morpholine rings is 1. The van der Waals surface area contributed by atoms with Crippen LogP contribution in [0.25, 0.3) is 0 Å². The molecule has 2 aliphatic heterocycles. The molecule has 0 saturated carbocycles. The van der Waals surface area contributed by atoms with Gasteiger partial charge in [0.05, 0.1) is 25.4 Å². The molecular formula is C19H30FN5O. The van der Waals surface area contributed by atoms with Crippen molar-refractivity contribution in [1.82, 2.24) is 15.1 Å². The first-order valence-corrected chi connectivity index (χ1v) is 9.60. The largest absolute Gasteiger partial charge is 0.379 e. The lowest BCUT2D eigenvalue weighted by molar-refractivity contribution is 0.0394. The van der Waals surface area contributed by atoms with Crippen molar-refractivity contribution in [1.29, 1.82) is 0 Å². The molecule has 2 heterocycles. The van der Waals surface area contributed by atoms with Crippen LogP contribution in [0.5, 0.6) is 0 Å². The molecule has 6 nitrogen and oxygen atoms in total. The molecule has 2 aliphatic rings. The number of guanidine groups is 1. The SMILES string of the molecule is CCNC(=NCCN1CCOCC1)N1CCN(c2ccccc2F)CC1. The van der Waals surface area contributed by atoms with Gasteiger partial charge in [-0.25, -0.2) is 4.39 Å². The summed E-state index contributed by atoms with van der Waals surface area (Å²) < 4.78 is 19.4. The number of rotatable bonds is 5. The van der Waals surface area contributed by atoms with Crippen LogP contribution in [0.3, 0.4) is 0 Å². The second kappa shape index (κ2) is 9.73. The molecule has 0 spiro atoms. The first-order chi connectivity index (χ1) is 12.8. The van der Waals surface area contributed by atoms with Crippen molar-refractivity contribution in [2.45, 2.75) is 6.92 Å². The number of aliphatic imine (C=N–C) groups is 1. The molecule has 0 radical (unpaired) electrons. The molecule has 7 heteroatoms. The van der Waals surface area contributed by atoms with E-state index in [4.69, 9.17) is 9.73 Å². The number of piperazine rings is 1. The number of para-hydroxylation sites is 1. The summed E-state index contributed by atoms with van der Waals surface area (Å²) in [5.41, 5.74) is 0.696. The van der Waals surface area contributed by atoms with Gasteiger partial charge in [-0.2, -0.15) is 0 Å². The van der Waals surface area contributed by atoms with E-state index in [-0.39, 0.29) is 5.82 Å². The van der Waals surface area contributed by atoms with Crippen molar-refractivity contribution in [3.8, 4) is 0 Å². The molecule has 144 valence electrons. The maximum atomic E-state index is 14.0. The van der Waals surface area contributed by atoms with Gasteiger partial charge in [-0.3, -0.25) is 9.89 Å². The van der Waals surface area contributed by atoms with Crippen molar-refractivity contribution in [3.05, 3.63) is 30.1 Å². The first-order valence-electron chi connectivity index (χ1n) is 9.60. The monoisotopic (exact) mass is 363 g/mol. The second-order valence-corrected chi connectivity index (χ2v) is 6.62. The van der Waals surface area contributed by atoms with E-state index >= 15 is 0 Å². The summed E-state index contributed by atoms with van der Waals surface area (Å²) in [5.74, 6) is 0.820. The number of ether oxygens (including phenoxy) is 1. The van der Waals surface area contributed by atoms with Crippen LogP contribution in [0.2, 0.25) is 0 Å². The Bertz CT molecular complexity index is 583. The summed E-state index contributed by atoms with van der Waals surface area (Å²) >= 11 is 0. The maximum absolute atomic E-state index is 14.0. The molecule has 2 fully saturated rings. The smallest absolute Gasteiger partial charge is 0.194 e. The molecule has 1 aromatic rings. The van der Waals surface area contributed by atoms with Crippen molar-refractivity contribution in [3.63, 3.8) is 0 Å². The third kappa shape index (κ3) is 5.08. The van der Waals surface area contributed by atoms with Crippen LogP contribution in [-0.2, 0) is 4.74 Å². The van der Waals surface area contributed by atoms with Crippen molar-refractivity contribution in [2.75, 3.05) is 77.0 Å². The van der Waals surface area contributed by atoms with Crippen molar-refractivity contribution < 1.29 is 9.13 Å². The van der Waals surface area contributed by atoms with Crippen molar-refractivity contribution in [2.24, 2.45) is 4.99 Å². The number of benzene rings is 1. The minimum atomic E-state index is -0.146. The number of halogens is 1. The zero-order valence-corrected chi connectivity index (χ0v) is 15.7. The van der Waals surface area contributed by atoms with Gasteiger partial charge in [-0.15, -0.1) is 0 Å². The highest BCUT2D eigenvalue weighted by molar-refractivity contribution is 5.80. The maximum Gasteiger partial charge on any atom is 0.194 e. The fraction of sp³-hybridized carbons (Fsp3) is 0.632. The number of hydrogen-bond donors (Lipinski definition) is 1. The highest BCUT2D eigenvalue weighted by atomic mass is 19.1. The van der Waals surface area contributed by atoms with E-state index in [1.54, 1.807) is 6.07 Å². The molecule has 1 N–H and O–H groups in total. The Kier molecular flexibility index (Phi) is 7.08. The second-order valence-electron chi connectivity index (χ2n) is 6.62. The molecule has 2 saturated heterocycles. The van der Waals surface area contributed by atoms with Gasteiger partial charge >= 0.3 is 0 Å². The van der Waals surface area contributed by atoms with Gasteiger partial charge in [0.2, 0.25) is 0 Å². The standard InChI is InChI=1S/C19H30FN5O/c1-2-21-19(22-7-8-23-13-15-26-16-14-23)25-11-9-24(10-12-25)18-6-4-3-5-17(18)20/h3-6H,2,7-16H2,1H3,(H,21,22). The Hall–Kier alpha value is -1.86. The lowest BCUT2D eigenvalue weighted by atomic mass is 10.2. The van der Waals surface area contributed by atoms with Gasteiger partial charge in [-0.05, 0) is 19.1 Å². The molecule has 0 unspecified atom stereocenters. The lowest BCUT2D eigenvalue weighted by Crippen LogP contribution is -2.53. The van der Waals surface area contributed by atoms with E-state index < -0.39 is 0 Å². The molecule has 0 amide bonds. The van der Waals surface area contributed by atoms with E-state index in [9.17, 15) is 4.39 Å². The van der Waals surface area contributed by atoms with Gasteiger partial charge in [-0.1, -0.05) is 12.1 Å². The molecular weight excluding hydrogens is 333 g/mol. The molecule has 3 rings (SSSR count).